The number of hydrogen-bond acceptors (Lipinski definition) is 4. The molecule has 0 aromatic carbocycles. The Morgan fingerprint density at radius 2 is 2.24 bits per heavy atom. The SMILES string of the molecule is Cc1nc(N2CCC2)[nH]c(=O)c1CCC(=O)O. The summed E-state index contributed by atoms with van der Waals surface area (Å²) in [5.41, 5.74) is 0.870. The van der Waals surface area contributed by atoms with Crippen LogP contribution in [0.4, 0.5) is 5.95 Å². The van der Waals surface area contributed by atoms with Crippen LogP contribution in [0.5, 0.6) is 0 Å². The fraction of sp³-hybridized carbons (Fsp3) is 0.545. The van der Waals surface area contributed by atoms with Crippen molar-refractivity contribution in [2.45, 2.75) is 26.2 Å². The van der Waals surface area contributed by atoms with E-state index in [2.05, 4.69) is 9.97 Å². The van der Waals surface area contributed by atoms with E-state index in [4.69, 9.17) is 5.11 Å². The summed E-state index contributed by atoms with van der Waals surface area (Å²) in [6.45, 7) is 3.57. The van der Waals surface area contributed by atoms with Crippen LogP contribution in [-0.2, 0) is 11.2 Å². The number of carbonyl (C=O) groups is 1. The van der Waals surface area contributed by atoms with E-state index < -0.39 is 5.97 Å². The van der Waals surface area contributed by atoms with Gasteiger partial charge in [0.15, 0.2) is 0 Å². The van der Waals surface area contributed by atoms with Gasteiger partial charge in [-0.15, -0.1) is 0 Å². The monoisotopic (exact) mass is 237 g/mol. The van der Waals surface area contributed by atoms with Gasteiger partial charge in [0, 0.05) is 30.8 Å². The van der Waals surface area contributed by atoms with Crippen LogP contribution >= 0.6 is 0 Å². The minimum Gasteiger partial charge on any atom is -0.481 e. The van der Waals surface area contributed by atoms with Crippen LogP contribution in [0.3, 0.4) is 0 Å². The Morgan fingerprint density at radius 3 is 2.71 bits per heavy atom. The number of hydrogen-bond donors (Lipinski definition) is 2. The zero-order valence-corrected chi connectivity index (χ0v) is 9.69. The third-order valence-electron chi connectivity index (χ3n) is 2.95. The van der Waals surface area contributed by atoms with Gasteiger partial charge in [0.25, 0.3) is 5.56 Å². The topological polar surface area (TPSA) is 86.3 Å². The van der Waals surface area contributed by atoms with Crippen LogP contribution in [0.15, 0.2) is 4.79 Å². The third-order valence-corrected chi connectivity index (χ3v) is 2.95. The number of rotatable bonds is 4. The lowest BCUT2D eigenvalue weighted by Gasteiger charge is -2.31. The number of aliphatic carboxylic acids is 1. The lowest BCUT2D eigenvalue weighted by Crippen LogP contribution is -2.39. The van der Waals surface area contributed by atoms with E-state index in [0.717, 1.165) is 19.5 Å². The number of aromatic nitrogens is 2. The zero-order chi connectivity index (χ0) is 12.4. The van der Waals surface area contributed by atoms with Crippen molar-refractivity contribution in [2.24, 2.45) is 0 Å². The second kappa shape index (κ2) is 4.57. The Kier molecular flexibility index (Phi) is 3.12. The first-order chi connectivity index (χ1) is 8.08. The molecule has 1 aromatic rings. The van der Waals surface area contributed by atoms with Gasteiger partial charge in [-0.25, -0.2) is 4.98 Å². The van der Waals surface area contributed by atoms with Crippen LogP contribution in [0.1, 0.15) is 24.1 Å². The molecule has 0 saturated carbocycles. The van der Waals surface area contributed by atoms with Gasteiger partial charge in [-0.1, -0.05) is 0 Å². The van der Waals surface area contributed by atoms with Crippen molar-refractivity contribution < 1.29 is 9.90 Å². The molecule has 0 atom stereocenters. The molecule has 1 aromatic heterocycles. The molecule has 1 saturated heterocycles. The first kappa shape index (κ1) is 11.6. The Bertz CT molecular complexity index is 491. The number of nitrogens with zero attached hydrogens (tertiary/aromatic N) is 2. The van der Waals surface area contributed by atoms with Crippen LogP contribution in [0.2, 0.25) is 0 Å². The van der Waals surface area contributed by atoms with Crippen molar-refractivity contribution in [1.29, 1.82) is 0 Å². The first-order valence-electron chi connectivity index (χ1n) is 5.64. The third kappa shape index (κ3) is 2.46. The summed E-state index contributed by atoms with van der Waals surface area (Å²) in [6, 6.07) is 0. The molecule has 0 spiro atoms. The molecule has 1 aliphatic rings. The molecule has 6 nitrogen and oxygen atoms in total. The number of nitrogens with one attached hydrogen (secondary N) is 1. The van der Waals surface area contributed by atoms with Crippen molar-refractivity contribution in [1.82, 2.24) is 9.97 Å². The van der Waals surface area contributed by atoms with Gasteiger partial charge < -0.3 is 10.0 Å². The van der Waals surface area contributed by atoms with Gasteiger partial charge in [0.05, 0.1) is 0 Å². The largest absolute Gasteiger partial charge is 0.481 e. The molecule has 2 rings (SSSR count). The van der Waals surface area contributed by atoms with Crippen molar-refractivity contribution >= 4 is 11.9 Å². The second-order valence-corrected chi connectivity index (χ2v) is 4.19. The zero-order valence-electron chi connectivity index (χ0n) is 9.69. The summed E-state index contributed by atoms with van der Waals surface area (Å²) >= 11 is 0. The van der Waals surface area contributed by atoms with Gasteiger partial charge in [0.1, 0.15) is 0 Å². The summed E-state index contributed by atoms with van der Waals surface area (Å²) < 4.78 is 0. The van der Waals surface area contributed by atoms with E-state index in [1.54, 1.807) is 6.92 Å². The predicted molar refractivity (Wildman–Crippen MR) is 62.4 cm³/mol. The summed E-state index contributed by atoms with van der Waals surface area (Å²) in [7, 11) is 0. The maximum Gasteiger partial charge on any atom is 0.303 e. The highest BCUT2D eigenvalue weighted by atomic mass is 16.4. The summed E-state index contributed by atoms with van der Waals surface area (Å²) in [4.78, 5) is 31.3. The minimum atomic E-state index is -0.907. The van der Waals surface area contributed by atoms with E-state index in [1.807, 2.05) is 4.90 Å². The molecule has 0 aliphatic carbocycles. The predicted octanol–water partition coefficient (Wildman–Crippen LogP) is 0.306. The summed E-state index contributed by atoms with van der Waals surface area (Å²) in [5.74, 6) is -0.312. The summed E-state index contributed by atoms with van der Waals surface area (Å²) in [5, 5.41) is 8.61. The molecule has 0 radical (unpaired) electrons. The lowest BCUT2D eigenvalue weighted by molar-refractivity contribution is -0.136. The van der Waals surface area contributed by atoms with E-state index in [1.165, 1.54) is 0 Å². The van der Waals surface area contributed by atoms with Gasteiger partial charge in [0.2, 0.25) is 5.95 Å². The quantitative estimate of drug-likeness (QED) is 0.786. The highest BCUT2D eigenvalue weighted by Crippen LogP contribution is 2.15. The standard InChI is InChI=1S/C11H15N3O3/c1-7-8(3-4-9(15)16)10(17)13-11(12-7)14-5-2-6-14/h2-6H2,1H3,(H,15,16)(H,12,13,17). The van der Waals surface area contributed by atoms with Crippen molar-refractivity contribution in [3.63, 3.8) is 0 Å². The fourth-order valence-electron chi connectivity index (χ4n) is 1.80. The number of carboxylic acids is 1. The molecule has 0 unspecified atom stereocenters. The van der Waals surface area contributed by atoms with Crippen molar-refractivity contribution in [2.75, 3.05) is 18.0 Å². The van der Waals surface area contributed by atoms with E-state index in [-0.39, 0.29) is 18.4 Å². The molecule has 0 bridgehead atoms. The van der Waals surface area contributed by atoms with Crippen LogP contribution in [0, 0.1) is 6.92 Å². The minimum absolute atomic E-state index is 0.0470. The van der Waals surface area contributed by atoms with Crippen LogP contribution in [0.25, 0.3) is 0 Å². The number of aromatic amines is 1. The maximum absolute atomic E-state index is 11.8. The fourth-order valence-corrected chi connectivity index (χ4v) is 1.80. The number of H-pyrrole nitrogens is 1. The normalized spacial score (nSPS) is 14.5. The molecular weight excluding hydrogens is 222 g/mol. The molecular formula is C11H15N3O3. The molecule has 17 heavy (non-hydrogen) atoms. The second-order valence-electron chi connectivity index (χ2n) is 4.19. The smallest absolute Gasteiger partial charge is 0.303 e. The van der Waals surface area contributed by atoms with Gasteiger partial charge in [-0.05, 0) is 19.8 Å². The van der Waals surface area contributed by atoms with Crippen molar-refractivity contribution in [3.8, 4) is 0 Å². The van der Waals surface area contributed by atoms with Crippen LogP contribution < -0.4 is 10.5 Å². The van der Waals surface area contributed by atoms with E-state index >= 15 is 0 Å². The number of aryl methyl sites for hydroxylation is 1. The highest BCUT2D eigenvalue weighted by molar-refractivity contribution is 5.67. The number of anilines is 1. The maximum atomic E-state index is 11.8. The Morgan fingerprint density at radius 1 is 1.53 bits per heavy atom. The lowest BCUT2D eigenvalue weighted by atomic mass is 10.1. The Labute approximate surface area is 98.3 Å². The van der Waals surface area contributed by atoms with Crippen LogP contribution in [-0.4, -0.2) is 34.1 Å². The first-order valence-corrected chi connectivity index (χ1v) is 5.64. The number of carboxylic acid groups (broad SMARTS) is 1. The highest BCUT2D eigenvalue weighted by Gasteiger charge is 2.18. The van der Waals surface area contributed by atoms with Crippen molar-refractivity contribution in [3.05, 3.63) is 21.6 Å². The van der Waals surface area contributed by atoms with Gasteiger partial charge in [-0.2, -0.15) is 0 Å². The molecule has 0 amide bonds. The Hall–Kier alpha value is -1.85. The summed E-state index contributed by atoms with van der Waals surface area (Å²) in [6.07, 6.45) is 1.29. The van der Waals surface area contributed by atoms with E-state index in [9.17, 15) is 9.59 Å². The molecule has 1 fully saturated rings. The molecule has 6 heteroatoms. The Balaban J connectivity index is 2.22. The molecule has 2 N–H and O–H groups in total. The average molecular weight is 237 g/mol. The van der Waals surface area contributed by atoms with E-state index in [0.29, 0.717) is 17.2 Å². The molecule has 2 heterocycles. The molecule has 92 valence electrons. The molecule has 1 aliphatic heterocycles. The van der Waals surface area contributed by atoms with Gasteiger partial charge in [-0.3, -0.25) is 14.6 Å². The average Bonchev–Trinajstić information content (AvgIpc) is 2.12. The van der Waals surface area contributed by atoms with Gasteiger partial charge >= 0.3 is 5.97 Å².